The number of nitriles is 1. The Morgan fingerprint density at radius 2 is 1.83 bits per heavy atom. The molecule has 0 bridgehead atoms. The van der Waals surface area contributed by atoms with Gasteiger partial charge in [0.05, 0.1) is 23.4 Å². The Morgan fingerprint density at radius 1 is 1.17 bits per heavy atom. The first kappa shape index (κ1) is 12.5. The maximum absolute atomic E-state index is 9.76. The van der Waals surface area contributed by atoms with Gasteiger partial charge in [-0.3, -0.25) is 5.21 Å². The van der Waals surface area contributed by atoms with Crippen molar-refractivity contribution in [3.63, 3.8) is 0 Å². The third-order valence-electron chi connectivity index (χ3n) is 3.15. The summed E-state index contributed by atoms with van der Waals surface area (Å²) in [6.45, 7) is 0. The molecule has 1 aromatic rings. The van der Waals surface area contributed by atoms with Gasteiger partial charge >= 0.3 is 0 Å². The molecular formula is C13H16N4O. The smallest absolute Gasteiger partial charge is 0.0991 e. The third kappa shape index (κ3) is 3.28. The van der Waals surface area contributed by atoms with Crippen molar-refractivity contribution in [2.24, 2.45) is 10.3 Å². The molecule has 1 N–H and O–H groups in total. The van der Waals surface area contributed by atoms with Crippen molar-refractivity contribution >= 4 is 5.69 Å². The predicted octanol–water partition coefficient (Wildman–Crippen LogP) is 3.58. The van der Waals surface area contributed by atoms with Crippen LogP contribution in [0.3, 0.4) is 0 Å². The molecule has 1 aliphatic rings. The van der Waals surface area contributed by atoms with Crippen LogP contribution in [0.4, 0.5) is 5.69 Å². The molecule has 1 aliphatic carbocycles. The summed E-state index contributed by atoms with van der Waals surface area (Å²) in [6.07, 6.45) is 5.42. The van der Waals surface area contributed by atoms with Crippen LogP contribution in [0.2, 0.25) is 0 Å². The van der Waals surface area contributed by atoms with Crippen LogP contribution in [0.15, 0.2) is 34.6 Å². The lowest BCUT2D eigenvalue weighted by atomic mass is 9.96. The zero-order valence-corrected chi connectivity index (χ0v) is 10.2. The van der Waals surface area contributed by atoms with Gasteiger partial charge in [-0.2, -0.15) is 10.4 Å². The van der Waals surface area contributed by atoms with E-state index in [2.05, 4.69) is 10.3 Å². The van der Waals surface area contributed by atoms with Gasteiger partial charge in [-0.15, -0.1) is 5.11 Å². The number of rotatable bonds is 3. The molecule has 0 spiro atoms. The molecule has 5 heteroatoms. The van der Waals surface area contributed by atoms with E-state index in [0.29, 0.717) is 11.3 Å². The van der Waals surface area contributed by atoms with E-state index in [1.807, 2.05) is 6.07 Å². The van der Waals surface area contributed by atoms with E-state index in [1.165, 1.54) is 6.42 Å². The predicted molar refractivity (Wildman–Crippen MR) is 66.2 cm³/mol. The molecule has 94 valence electrons. The summed E-state index contributed by atoms with van der Waals surface area (Å²) in [4.78, 5) is 0. The van der Waals surface area contributed by atoms with Crippen molar-refractivity contribution in [3.8, 4) is 6.07 Å². The quantitative estimate of drug-likeness (QED) is 0.652. The second-order valence-corrected chi connectivity index (χ2v) is 4.46. The van der Waals surface area contributed by atoms with Crippen molar-refractivity contribution in [1.29, 1.82) is 5.26 Å². The van der Waals surface area contributed by atoms with E-state index in [9.17, 15) is 5.21 Å². The molecule has 0 aromatic heterocycles. The number of nitrogens with zero attached hydrogens (tertiary/aromatic N) is 4. The lowest BCUT2D eigenvalue weighted by Crippen LogP contribution is -2.29. The zero-order chi connectivity index (χ0) is 12.8. The number of hydroxylamine groups is 1. The van der Waals surface area contributed by atoms with Crippen molar-refractivity contribution in [3.05, 3.63) is 29.8 Å². The second kappa shape index (κ2) is 6.12. The highest BCUT2D eigenvalue weighted by atomic mass is 16.5. The highest BCUT2D eigenvalue weighted by Crippen LogP contribution is 2.22. The highest BCUT2D eigenvalue weighted by molar-refractivity contribution is 5.41. The van der Waals surface area contributed by atoms with E-state index in [4.69, 9.17) is 5.26 Å². The van der Waals surface area contributed by atoms with Gasteiger partial charge in [0, 0.05) is 0 Å². The molecular weight excluding hydrogens is 228 g/mol. The van der Waals surface area contributed by atoms with Crippen LogP contribution < -0.4 is 0 Å². The maximum Gasteiger partial charge on any atom is 0.0991 e. The summed E-state index contributed by atoms with van der Waals surface area (Å²) in [5.74, 6) is 0. The Balaban J connectivity index is 1.94. The van der Waals surface area contributed by atoms with E-state index < -0.39 is 0 Å². The Kier molecular flexibility index (Phi) is 4.26. The number of benzene rings is 1. The molecule has 0 heterocycles. The summed E-state index contributed by atoms with van der Waals surface area (Å²) in [5, 5.41) is 27.1. The normalized spacial score (nSPS) is 16.7. The Bertz CT molecular complexity index is 443. The van der Waals surface area contributed by atoms with E-state index >= 15 is 0 Å². The standard InChI is InChI=1S/C13H16N4O/c14-10-11-6-8-12(9-7-11)15-16-17(18)13-4-2-1-3-5-13/h6-9,13,18H,1-5H2/b16-15-. The minimum atomic E-state index is 0.0841. The van der Waals surface area contributed by atoms with Crippen molar-refractivity contribution in [2.75, 3.05) is 0 Å². The second-order valence-electron chi connectivity index (χ2n) is 4.46. The minimum Gasteiger partial charge on any atom is -0.270 e. The van der Waals surface area contributed by atoms with Crippen molar-refractivity contribution < 1.29 is 5.21 Å². The summed E-state index contributed by atoms with van der Waals surface area (Å²) < 4.78 is 0. The summed E-state index contributed by atoms with van der Waals surface area (Å²) in [7, 11) is 0. The summed E-state index contributed by atoms with van der Waals surface area (Å²) >= 11 is 0. The average molecular weight is 244 g/mol. The van der Waals surface area contributed by atoms with Gasteiger partial charge in [0.2, 0.25) is 0 Å². The van der Waals surface area contributed by atoms with Crippen LogP contribution in [-0.2, 0) is 0 Å². The topological polar surface area (TPSA) is 72.0 Å². The molecule has 2 rings (SSSR count). The fourth-order valence-corrected chi connectivity index (χ4v) is 2.09. The average Bonchev–Trinajstić information content (AvgIpc) is 2.46. The van der Waals surface area contributed by atoms with Crippen molar-refractivity contribution in [2.45, 2.75) is 38.1 Å². The first-order chi connectivity index (χ1) is 8.79. The van der Waals surface area contributed by atoms with Crippen LogP contribution in [0.5, 0.6) is 0 Å². The molecule has 0 unspecified atom stereocenters. The van der Waals surface area contributed by atoms with Crippen LogP contribution in [-0.4, -0.2) is 16.4 Å². The molecule has 0 saturated heterocycles. The fourth-order valence-electron chi connectivity index (χ4n) is 2.09. The zero-order valence-electron chi connectivity index (χ0n) is 10.2. The lowest BCUT2D eigenvalue weighted by molar-refractivity contribution is -0.140. The SMILES string of the molecule is N#Cc1ccc(/N=N\N(O)C2CCCCC2)cc1. The van der Waals surface area contributed by atoms with Crippen molar-refractivity contribution in [1.82, 2.24) is 5.17 Å². The Hall–Kier alpha value is -1.93. The van der Waals surface area contributed by atoms with Crippen LogP contribution in [0, 0.1) is 11.3 Å². The Morgan fingerprint density at radius 3 is 2.44 bits per heavy atom. The molecule has 0 aliphatic heterocycles. The summed E-state index contributed by atoms with van der Waals surface area (Å²) in [5.41, 5.74) is 1.21. The minimum absolute atomic E-state index is 0.0841. The van der Waals surface area contributed by atoms with Crippen LogP contribution in [0.1, 0.15) is 37.7 Å². The monoisotopic (exact) mass is 244 g/mol. The number of hydrogen-bond donors (Lipinski definition) is 1. The molecule has 0 radical (unpaired) electrons. The maximum atomic E-state index is 9.76. The first-order valence-corrected chi connectivity index (χ1v) is 6.19. The lowest BCUT2D eigenvalue weighted by Gasteiger charge is -2.25. The molecule has 0 amide bonds. The molecule has 5 nitrogen and oxygen atoms in total. The largest absolute Gasteiger partial charge is 0.270 e. The van der Waals surface area contributed by atoms with E-state index in [1.54, 1.807) is 24.3 Å². The van der Waals surface area contributed by atoms with Gasteiger partial charge in [-0.05, 0) is 42.3 Å². The van der Waals surface area contributed by atoms with Gasteiger partial charge < -0.3 is 0 Å². The molecule has 1 saturated carbocycles. The van der Waals surface area contributed by atoms with Crippen LogP contribution in [0.25, 0.3) is 0 Å². The first-order valence-electron chi connectivity index (χ1n) is 6.19. The molecule has 0 atom stereocenters. The van der Waals surface area contributed by atoms with E-state index in [0.717, 1.165) is 30.9 Å². The molecule has 1 fully saturated rings. The number of hydrogen-bond acceptors (Lipinski definition) is 4. The molecule has 1 aromatic carbocycles. The van der Waals surface area contributed by atoms with Gasteiger partial charge in [0.15, 0.2) is 0 Å². The van der Waals surface area contributed by atoms with E-state index in [-0.39, 0.29) is 6.04 Å². The van der Waals surface area contributed by atoms with Crippen LogP contribution >= 0.6 is 0 Å². The molecule has 18 heavy (non-hydrogen) atoms. The van der Waals surface area contributed by atoms with Gasteiger partial charge in [0.25, 0.3) is 0 Å². The highest BCUT2D eigenvalue weighted by Gasteiger charge is 2.18. The van der Waals surface area contributed by atoms with Gasteiger partial charge in [0.1, 0.15) is 0 Å². The Labute approximate surface area is 106 Å². The fraction of sp³-hybridized carbons (Fsp3) is 0.462. The van der Waals surface area contributed by atoms with Gasteiger partial charge in [-0.25, -0.2) is 0 Å². The third-order valence-corrected chi connectivity index (χ3v) is 3.15. The van der Waals surface area contributed by atoms with Gasteiger partial charge in [-0.1, -0.05) is 19.3 Å². The summed E-state index contributed by atoms with van der Waals surface area (Å²) in [6, 6.07) is 8.89.